The first-order chi connectivity index (χ1) is 7.61. The maximum Gasteiger partial charge on any atom is 0.329 e. The molecule has 0 aromatic rings. The first kappa shape index (κ1) is 12.9. The molecular formula is C10H18N2O4. The molecule has 2 unspecified atom stereocenters. The van der Waals surface area contributed by atoms with E-state index in [0.29, 0.717) is 6.54 Å². The lowest BCUT2D eigenvalue weighted by Gasteiger charge is -2.14. The number of hydrogen-bond acceptors (Lipinski definition) is 4. The molecule has 0 spiro atoms. The van der Waals surface area contributed by atoms with Crippen molar-refractivity contribution in [2.24, 2.45) is 5.92 Å². The Labute approximate surface area is 94.3 Å². The Hall–Kier alpha value is -1.14. The predicted molar refractivity (Wildman–Crippen MR) is 57.0 cm³/mol. The van der Waals surface area contributed by atoms with Gasteiger partial charge in [0, 0.05) is 12.6 Å². The number of rotatable bonds is 6. The highest BCUT2D eigenvalue weighted by Gasteiger charge is 2.28. The molecule has 16 heavy (non-hydrogen) atoms. The monoisotopic (exact) mass is 230 g/mol. The number of carboxylic acids is 1. The van der Waals surface area contributed by atoms with Crippen LogP contribution in [0.3, 0.4) is 0 Å². The SMILES string of the molecule is CC1NCCC1C(=O)NCCOCC(=O)O. The summed E-state index contributed by atoms with van der Waals surface area (Å²) in [6, 6.07) is 0.208. The molecule has 1 saturated heterocycles. The quantitative estimate of drug-likeness (QED) is 0.520. The van der Waals surface area contributed by atoms with Crippen molar-refractivity contribution in [2.45, 2.75) is 19.4 Å². The van der Waals surface area contributed by atoms with E-state index in [9.17, 15) is 9.59 Å². The molecule has 0 aromatic carbocycles. The summed E-state index contributed by atoms with van der Waals surface area (Å²) in [6.45, 7) is 3.12. The van der Waals surface area contributed by atoms with E-state index < -0.39 is 5.97 Å². The van der Waals surface area contributed by atoms with Gasteiger partial charge in [0.05, 0.1) is 12.5 Å². The molecule has 1 heterocycles. The van der Waals surface area contributed by atoms with Crippen molar-refractivity contribution in [3.05, 3.63) is 0 Å². The molecule has 1 rings (SSSR count). The molecule has 1 aliphatic heterocycles. The molecule has 92 valence electrons. The summed E-state index contributed by atoms with van der Waals surface area (Å²) in [6.07, 6.45) is 0.850. The molecule has 0 aromatic heterocycles. The maximum absolute atomic E-state index is 11.6. The maximum atomic E-state index is 11.6. The number of carboxylic acid groups (broad SMARTS) is 1. The average molecular weight is 230 g/mol. The number of aliphatic carboxylic acids is 1. The van der Waals surface area contributed by atoms with Gasteiger partial charge in [-0.2, -0.15) is 0 Å². The number of nitrogens with one attached hydrogen (secondary N) is 2. The van der Waals surface area contributed by atoms with E-state index in [4.69, 9.17) is 9.84 Å². The van der Waals surface area contributed by atoms with Gasteiger partial charge in [0.2, 0.25) is 5.91 Å². The largest absolute Gasteiger partial charge is 0.480 e. The second kappa shape index (κ2) is 6.44. The number of ether oxygens (including phenoxy) is 1. The van der Waals surface area contributed by atoms with Crippen LogP contribution in [-0.4, -0.2) is 49.3 Å². The van der Waals surface area contributed by atoms with Gasteiger partial charge in [0.1, 0.15) is 6.61 Å². The highest BCUT2D eigenvalue weighted by Crippen LogP contribution is 2.14. The molecule has 1 aliphatic rings. The van der Waals surface area contributed by atoms with Gasteiger partial charge in [-0.25, -0.2) is 4.79 Å². The molecule has 1 fully saturated rings. The van der Waals surface area contributed by atoms with Crippen molar-refractivity contribution in [3.8, 4) is 0 Å². The third kappa shape index (κ3) is 4.16. The number of carbonyl (C=O) groups is 2. The first-order valence-corrected chi connectivity index (χ1v) is 5.42. The van der Waals surface area contributed by atoms with Gasteiger partial charge in [-0.1, -0.05) is 0 Å². The first-order valence-electron chi connectivity index (χ1n) is 5.42. The normalized spacial score (nSPS) is 24.3. The van der Waals surface area contributed by atoms with Gasteiger partial charge in [-0.15, -0.1) is 0 Å². The number of carbonyl (C=O) groups excluding carboxylic acids is 1. The Morgan fingerprint density at radius 3 is 2.88 bits per heavy atom. The Bertz CT molecular complexity index is 257. The van der Waals surface area contributed by atoms with Crippen LogP contribution in [-0.2, 0) is 14.3 Å². The van der Waals surface area contributed by atoms with Crippen LogP contribution in [0, 0.1) is 5.92 Å². The van der Waals surface area contributed by atoms with Crippen molar-refractivity contribution >= 4 is 11.9 Å². The highest BCUT2D eigenvalue weighted by atomic mass is 16.5. The van der Waals surface area contributed by atoms with E-state index in [1.807, 2.05) is 6.92 Å². The molecule has 6 heteroatoms. The third-order valence-corrected chi connectivity index (χ3v) is 2.63. The lowest BCUT2D eigenvalue weighted by molar-refractivity contribution is -0.142. The van der Waals surface area contributed by atoms with E-state index in [1.54, 1.807) is 0 Å². The van der Waals surface area contributed by atoms with Gasteiger partial charge in [-0.3, -0.25) is 4.79 Å². The van der Waals surface area contributed by atoms with Crippen molar-refractivity contribution in [1.29, 1.82) is 0 Å². The van der Waals surface area contributed by atoms with Crippen molar-refractivity contribution < 1.29 is 19.4 Å². The standard InChI is InChI=1S/C10H18N2O4/c1-7-8(2-3-11-7)10(15)12-4-5-16-6-9(13)14/h7-8,11H,2-6H2,1H3,(H,12,15)(H,13,14). The van der Waals surface area contributed by atoms with E-state index in [-0.39, 0.29) is 31.1 Å². The zero-order valence-corrected chi connectivity index (χ0v) is 9.36. The van der Waals surface area contributed by atoms with Crippen molar-refractivity contribution in [2.75, 3.05) is 26.3 Å². The fraction of sp³-hybridized carbons (Fsp3) is 0.800. The van der Waals surface area contributed by atoms with Crippen molar-refractivity contribution in [1.82, 2.24) is 10.6 Å². The second-order valence-corrected chi connectivity index (χ2v) is 3.88. The average Bonchev–Trinajstić information content (AvgIpc) is 2.63. The van der Waals surface area contributed by atoms with Crippen LogP contribution in [0.5, 0.6) is 0 Å². The number of hydrogen-bond donors (Lipinski definition) is 3. The van der Waals surface area contributed by atoms with Crippen molar-refractivity contribution in [3.63, 3.8) is 0 Å². The van der Waals surface area contributed by atoms with Gasteiger partial charge >= 0.3 is 5.97 Å². The molecular weight excluding hydrogens is 212 g/mol. The lowest BCUT2D eigenvalue weighted by atomic mass is 10.0. The molecule has 0 saturated carbocycles. The summed E-state index contributed by atoms with van der Waals surface area (Å²) in [4.78, 5) is 21.8. The Kier molecular flexibility index (Phi) is 5.21. The molecule has 3 N–H and O–H groups in total. The molecule has 1 amide bonds. The topological polar surface area (TPSA) is 87.7 Å². The zero-order valence-electron chi connectivity index (χ0n) is 9.36. The van der Waals surface area contributed by atoms with E-state index >= 15 is 0 Å². The minimum absolute atomic E-state index is 0.0106. The minimum Gasteiger partial charge on any atom is -0.480 e. The van der Waals surface area contributed by atoms with E-state index in [2.05, 4.69) is 10.6 Å². The van der Waals surface area contributed by atoms with E-state index in [0.717, 1.165) is 13.0 Å². The summed E-state index contributed by atoms with van der Waals surface area (Å²) < 4.78 is 4.81. The van der Waals surface area contributed by atoms with Crippen LogP contribution >= 0.6 is 0 Å². The minimum atomic E-state index is -1.00. The van der Waals surface area contributed by atoms with Gasteiger partial charge < -0.3 is 20.5 Å². The highest BCUT2D eigenvalue weighted by molar-refractivity contribution is 5.79. The van der Waals surface area contributed by atoms with Crippen LogP contribution in [0.15, 0.2) is 0 Å². The fourth-order valence-corrected chi connectivity index (χ4v) is 1.75. The summed E-state index contributed by atoms with van der Waals surface area (Å²) in [5.74, 6) is -0.976. The Morgan fingerprint density at radius 1 is 1.56 bits per heavy atom. The zero-order chi connectivity index (χ0) is 12.0. The summed E-state index contributed by atoms with van der Waals surface area (Å²) in [5, 5.41) is 14.2. The smallest absolute Gasteiger partial charge is 0.329 e. The van der Waals surface area contributed by atoms with Gasteiger partial charge in [-0.05, 0) is 19.9 Å². The van der Waals surface area contributed by atoms with Gasteiger partial charge in [0.15, 0.2) is 0 Å². The predicted octanol–water partition coefficient (Wildman–Crippen LogP) is -0.798. The summed E-state index contributed by atoms with van der Waals surface area (Å²) >= 11 is 0. The van der Waals surface area contributed by atoms with Crippen LogP contribution in [0.4, 0.5) is 0 Å². The third-order valence-electron chi connectivity index (χ3n) is 2.63. The Balaban J connectivity index is 2.08. The summed E-state index contributed by atoms with van der Waals surface area (Å²) in [7, 11) is 0. The Morgan fingerprint density at radius 2 is 2.31 bits per heavy atom. The van der Waals surface area contributed by atoms with Crippen LogP contribution in [0.2, 0.25) is 0 Å². The lowest BCUT2D eigenvalue weighted by Crippen LogP contribution is -2.38. The molecule has 2 atom stereocenters. The summed E-state index contributed by atoms with van der Waals surface area (Å²) in [5.41, 5.74) is 0. The van der Waals surface area contributed by atoms with Crippen LogP contribution in [0.25, 0.3) is 0 Å². The molecule has 0 bridgehead atoms. The van der Waals surface area contributed by atoms with E-state index in [1.165, 1.54) is 0 Å². The molecule has 6 nitrogen and oxygen atoms in total. The molecule has 0 radical (unpaired) electrons. The fourth-order valence-electron chi connectivity index (χ4n) is 1.75. The van der Waals surface area contributed by atoms with Gasteiger partial charge in [0.25, 0.3) is 0 Å². The molecule has 0 aliphatic carbocycles. The second-order valence-electron chi connectivity index (χ2n) is 3.88. The number of amides is 1. The van der Waals surface area contributed by atoms with Crippen LogP contribution < -0.4 is 10.6 Å². The van der Waals surface area contributed by atoms with Crippen LogP contribution in [0.1, 0.15) is 13.3 Å².